The number of benzene rings is 2. The Kier molecular flexibility index (Phi) is 5.17. The minimum atomic E-state index is -0.859. The Morgan fingerprint density at radius 2 is 2.06 bits per heavy atom. The van der Waals surface area contributed by atoms with Crippen molar-refractivity contribution in [1.29, 1.82) is 0 Å². The third-order valence-corrected chi connectivity index (χ3v) is 7.58. The third-order valence-electron chi connectivity index (χ3n) is 6.49. The molecule has 2 N–H and O–H groups in total. The number of amides is 4. The molecule has 5 rings (SSSR count). The van der Waals surface area contributed by atoms with E-state index in [1.165, 1.54) is 0 Å². The fourth-order valence-corrected chi connectivity index (χ4v) is 5.67. The van der Waals surface area contributed by atoms with Crippen LogP contribution in [0.15, 0.2) is 48.5 Å². The summed E-state index contributed by atoms with van der Waals surface area (Å²) in [7, 11) is 0. The highest BCUT2D eigenvalue weighted by Gasteiger charge is 2.55. The van der Waals surface area contributed by atoms with E-state index in [1.807, 2.05) is 49.4 Å². The molecular weight excluding hydrogens is 424 g/mol. The van der Waals surface area contributed by atoms with Crippen LogP contribution in [0.3, 0.4) is 0 Å². The van der Waals surface area contributed by atoms with Crippen LogP contribution in [-0.4, -0.2) is 39.8 Å². The van der Waals surface area contributed by atoms with Gasteiger partial charge in [-0.1, -0.05) is 44.0 Å². The summed E-state index contributed by atoms with van der Waals surface area (Å²) in [4.78, 5) is 44.0. The summed E-state index contributed by atoms with van der Waals surface area (Å²) in [5.74, 6) is -0.630. The van der Waals surface area contributed by atoms with Crippen LogP contribution in [0.5, 0.6) is 0 Å². The number of para-hydroxylation sites is 1. The smallest absolute Gasteiger partial charge is 0.325 e. The van der Waals surface area contributed by atoms with Crippen LogP contribution in [0.4, 0.5) is 10.5 Å². The lowest BCUT2D eigenvalue weighted by Gasteiger charge is -2.36. The summed E-state index contributed by atoms with van der Waals surface area (Å²) >= 11 is 1.59. The van der Waals surface area contributed by atoms with Crippen LogP contribution < -0.4 is 10.6 Å². The first-order chi connectivity index (χ1) is 15.5. The van der Waals surface area contributed by atoms with Gasteiger partial charge in [-0.15, -0.1) is 11.3 Å². The number of carbonyl (C=O) groups is 3. The predicted octanol–water partition coefficient (Wildman–Crippen LogP) is 4.40. The average molecular weight is 449 g/mol. The molecule has 32 heavy (non-hydrogen) atoms. The second kappa shape index (κ2) is 8.02. The number of thiazole rings is 1. The summed E-state index contributed by atoms with van der Waals surface area (Å²) < 4.78 is 1.10. The fourth-order valence-electron chi connectivity index (χ4n) is 4.71. The Bertz CT molecular complexity index is 1190. The zero-order chi connectivity index (χ0) is 22.3. The van der Waals surface area contributed by atoms with Crippen molar-refractivity contribution >= 4 is 45.1 Å². The van der Waals surface area contributed by atoms with E-state index in [0.29, 0.717) is 12.1 Å². The molecule has 1 aromatic heterocycles. The quantitative estimate of drug-likeness (QED) is 0.579. The Balaban J connectivity index is 1.30. The topological polar surface area (TPSA) is 91.4 Å². The summed E-state index contributed by atoms with van der Waals surface area (Å²) in [6, 6.07) is 14.9. The monoisotopic (exact) mass is 448 g/mol. The molecule has 1 aliphatic carbocycles. The maximum atomic E-state index is 13.1. The van der Waals surface area contributed by atoms with Crippen LogP contribution in [0.25, 0.3) is 20.8 Å². The standard InChI is InChI=1S/C24H24N4O3S/c1-15-7-4-5-12-24(15)22(30)28(23(31)27-24)14-20(29)25-17-9-6-8-16(13-17)21-26-18-10-2-3-11-19(18)32-21/h2-3,6,8-11,13,15H,4-5,7,12,14H2,1H3,(H,25,29)(H,27,31)/t15-,24-/m1/s1. The number of carbonyl (C=O) groups excluding carboxylic acids is 3. The van der Waals surface area contributed by atoms with Gasteiger partial charge in [0.1, 0.15) is 17.1 Å². The lowest BCUT2D eigenvalue weighted by Crippen LogP contribution is -2.54. The molecule has 0 unspecified atom stereocenters. The number of fused-ring (bicyclic) bond motifs is 1. The van der Waals surface area contributed by atoms with Crippen LogP contribution >= 0.6 is 11.3 Å². The van der Waals surface area contributed by atoms with Gasteiger partial charge < -0.3 is 10.6 Å². The largest absolute Gasteiger partial charge is 0.325 e. The van der Waals surface area contributed by atoms with Gasteiger partial charge in [0.25, 0.3) is 5.91 Å². The van der Waals surface area contributed by atoms with Crippen molar-refractivity contribution in [1.82, 2.24) is 15.2 Å². The first-order valence-electron chi connectivity index (χ1n) is 10.9. The maximum absolute atomic E-state index is 13.1. The molecular formula is C24H24N4O3S. The van der Waals surface area contributed by atoms with Crippen molar-refractivity contribution in [3.8, 4) is 10.6 Å². The van der Waals surface area contributed by atoms with Crippen LogP contribution in [0.2, 0.25) is 0 Å². The highest BCUT2D eigenvalue weighted by Crippen LogP contribution is 2.38. The molecule has 2 aromatic carbocycles. The van der Waals surface area contributed by atoms with E-state index in [4.69, 9.17) is 0 Å². The predicted molar refractivity (Wildman–Crippen MR) is 124 cm³/mol. The number of rotatable bonds is 4. The van der Waals surface area contributed by atoms with E-state index >= 15 is 0 Å². The Morgan fingerprint density at radius 3 is 2.88 bits per heavy atom. The minimum Gasteiger partial charge on any atom is -0.325 e. The molecule has 7 nitrogen and oxygen atoms in total. The molecule has 0 bridgehead atoms. The molecule has 2 aliphatic rings. The Hall–Kier alpha value is -3.26. The molecule has 1 spiro atoms. The molecule has 1 aliphatic heterocycles. The van der Waals surface area contributed by atoms with E-state index in [1.54, 1.807) is 17.4 Å². The van der Waals surface area contributed by atoms with E-state index in [0.717, 1.165) is 45.0 Å². The second-order valence-electron chi connectivity index (χ2n) is 8.56. The van der Waals surface area contributed by atoms with Crippen molar-refractivity contribution in [3.63, 3.8) is 0 Å². The molecule has 2 atom stereocenters. The molecule has 3 aromatic rings. The van der Waals surface area contributed by atoms with Crippen molar-refractivity contribution in [2.75, 3.05) is 11.9 Å². The number of anilines is 1. The number of aromatic nitrogens is 1. The molecule has 2 heterocycles. The number of nitrogens with one attached hydrogen (secondary N) is 2. The first-order valence-corrected chi connectivity index (χ1v) is 11.7. The van der Waals surface area contributed by atoms with Crippen molar-refractivity contribution in [2.24, 2.45) is 5.92 Å². The Labute approximate surface area is 189 Å². The fraction of sp³-hybridized carbons (Fsp3) is 0.333. The highest BCUT2D eigenvalue weighted by molar-refractivity contribution is 7.21. The summed E-state index contributed by atoms with van der Waals surface area (Å²) in [5.41, 5.74) is 1.57. The lowest BCUT2D eigenvalue weighted by atomic mass is 9.73. The van der Waals surface area contributed by atoms with E-state index in [2.05, 4.69) is 15.6 Å². The zero-order valence-electron chi connectivity index (χ0n) is 17.8. The normalized spacial score (nSPS) is 23.0. The van der Waals surface area contributed by atoms with Gasteiger partial charge >= 0.3 is 6.03 Å². The molecule has 164 valence electrons. The van der Waals surface area contributed by atoms with Gasteiger partial charge in [0.15, 0.2) is 0 Å². The number of imide groups is 1. The van der Waals surface area contributed by atoms with Gasteiger partial charge in [-0.05, 0) is 43.0 Å². The molecule has 2 fully saturated rings. The molecule has 8 heteroatoms. The highest BCUT2D eigenvalue weighted by atomic mass is 32.1. The second-order valence-corrected chi connectivity index (χ2v) is 9.59. The van der Waals surface area contributed by atoms with Crippen molar-refractivity contribution in [3.05, 3.63) is 48.5 Å². The first kappa shape index (κ1) is 20.6. The van der Waals surface area contributed by atoms with Gasteiger partial charge in [0.2, 0.25) is 5.91 Å². The molecule has 1 saturated carbocycles. The van der Waals surface area contributed by atoms with Crippen molar-refractivity contribution in [2.45, 2.75) is 38.1 Å². The molecule has 1 saturated heterocycles. The Morgan fingerprint density at radius 1 is 1.22 bits per heavy atom. The van der Waals surface area contributed by atoms with Crippen molar-refractivity contribution < 1.29 is 14.4 Å². The SMILES string of the molecule is C[C@@H]1CCCC[C@@]12NC(=O)N(CC(=O)Nc1cccc(-c3nc4ccccc4s3)c1)C2=O. The summed E-state index contributed by atoms with van der Waals surface area (Å²) in [6.07, 6.45) is 3.47. The average Bonchev–Trinajstić information content (AvgIpc) is 3.32. The number of hydrogen-bond acceptors (Lipinski definition) is 5. The summed E-state index contributed by atoms with van der Waals surface area (Å²) in [5, 5.41) is 6.57. The molecule has 4 amide bonds. The zero-order valence-corrected chi connectivity index (χ0v) is 18.6. The van der Waals surface area contributed by atoms with E-state index in [-0.39, 0.29) is 18.4 Å². The van der Waals surface area contributed by atoms with E-state index in [9.17, 15) is 14.4 Å². The van der Waals surface area contributed by atoms with Crippen LogP contribution in [0, 0.1) is 5.92 Å². The van der Waals surface area contributed by atoms with Gasteiger partial charge in [-0.25, -0.2) is 9.78 Å². The lowest BCUT2D eigenvalue weighted by molar-refractivity contribution is -0.136. The number of hydrogen-bond donors (Lipinski definition) is 2. The molecule has 0 radical (unpaired) electrons. The maximum Gasteiger partial charge on any atom is 0.325 e. The van der Waals surface area contributed by atoms with Crippen LogP contribution in [0.1, 0.15) is 32.6 Å². The van der Waals surface area contributed by atoms with E-state index < -0.39 is 17.5 Å². The van der Waals surface area contributed by atoms with Crippen LogP contribution in [-0.2, 0) is 9.59 Å². The summed E-state index contributed by atoms with van der Waals surface area (Å²) in [6.45, 7) is 1.69. The number of urea groups is 1. The van der Waals surface area contributed by atoms with Gasteiger partial charge in [0.05, 0.1) is 10.2 Å². The van der Waals surface area contributed by atoms with Gasteiger partial charge in [-0.3, -0.25) is 14.5 Å². The minimum absolute atomic E-state index is 0.0613. The number of nitrogens with zero attached hydrogens (tertiary/aromatic N) is 2. The third kappa shape index (κ3) is 3.54. The van der Waals surface area contributed by atoms with Gasteiger partial charge in [-0.2, -0.15) is 0 Å². The van der Waals surface area contributed by atoms with Gasteiger partial charge in [0, 0.05) is 11.3 Å².